The first-order chi connectivity index (χ1) is 11.5. The van der Waals surface area contributed by atoms with Crippen LogP contribution in [0.2, 0.25) is 0 Å². The average molecular weight is 349 g/mol. The van der Waals surface area contributed by atoms with Gasteiger partial charge in [-0.15, -0.1) is 0 Å². The van der Waals surface area contributed by atoms with Crippen LogP contribution in [0.25, 0.3) is 11.3 Å². The molecule has 2 heterocycles. The SMILES string of the molecule is NC(=O)c1c(-c2ccsc2)noc1NC(=O)c1ccc(F)cc1F. The van der Waals surface area contributed by atoms with Gasteiger partial charge in [0.15, 0.2) is 0 Å². The number of carbonyl (C=O) groups excluding carboxylic acids is 2. The topological polar surface area (TPSA) is 98.2 Å². The van der Waals surface area contributed by atoms with Gasteiger partial charge in [-0.25, -0.2) is 8.78 Å². The summed E-state index contributed by atoms with van der Waals surface area (Å²) in [5, 5.41) is 9.43. The first kappa shape index (κ1) is 15.8. The van der Waals surface area contributed by atoms with Crippen LogP contribution in [-0.4, -0.2) is 17.0 Å². The third-order valence-electron chi connectivity index (χ3n) is 3.14. The lowest BCUT2D eigenvalue weighted by Crippen LogP contribution is -2.18. The highest BCUT2D eigenvalue weighted by molar-refractivity contribution is 7.08. The maximum Gasteiger partial charge on any atom is 0.261 e. The van der Waals surface area contributed by atoms with Gasteiger partial charge in [-0.1, -0.05) is 5.16 Å². The molecule has 2 amide bonds. The first-order valence-electron chi connectivity index (χ1n) is 6.56. The number of carbonyl (C=O) groups is 2. The summed E-state index contributed by atoms with van der Waals surface area (Å²) in [7, 11) is 0. The van der Waals surface area contributed by atoms with E-state index in [0.717, 1.165) is 12.1 Å². The zero-order valence-electron chi connectivity index (χ0n) is 11.9. The van der Waals surface area contributed by atoms with Gasteiger partial charge < -0.3 is 10.3 Å². The lowest BCUT2D eigenvalue weighted by molar-refractivity contribution is 0.100. The van der Waals surface area contributed by atoms with Crippen molar-refractivity contribution in [1.82, 2.24) is 5.16 Å². The molecule has 0 bridgehead atoms. The summed E-state index contributed by atoms with van der Waals surface area (Å²) in [5.74, 6) is -3.97. The van der Waals surface area contributed by atoms with E-state index in [1.165, 1.54) is 11.3 Å². The molecule has 0 radical (unpaired) electrons. The first-order valence-corrected chi connectivity index (χ1v) is 7.50. The number of nitrogens with two attached hydrogens (primary N) is 1. The molecule has 0 spiro atoms. The second kappa shape index (κ2) is 6.20. The van der Waals surface area contributed by atoms with Crippen LogP contribution >= 0.6 is 11.3 Å². The number of hydrogen-bond donors (Lipinski definition) is 2. The molecule has 1 aromatic carbocycles. The molecule has 0 aliphatic carbocycles. The van der Waals surface area contributed by atoms with Crippen LogP contribution in [0, 0.1) is 11.6 Å². The van der Waals surface area contributed by atoms with Crippen molar-refractivity contribution in [3.05, 3.63) is 57.8 Å². The number of benzene rings is 1. The predicted octanol–water partition coefficient (Wildman–Crippen LogP) is 3.03. The Kier molecular flexibility index (Phi) is 4.09. The highest BCUT2D eigenvalue weighted by Gasteiger charge is 2.25. The van der Waals surface area contributed by atoms with E-state index in [-0.39, 0.29) is 17.1 Å². The van der Waals surface area contributed by atoms with Crippen molar-refractivity contribution < 1.29 is 22.9 Å². The monoisotopic (exact) mass is 349 g/mol. The number of aromatic nitrogens is 1. The third kappa shape index (κ3) is 2.88. The van der Waals surface area contributed by atoms with E-state index < -0.39 is 29.0 Å². The minimum absolute atomic E-state index is 0.135. The molecule has 3 rings (SSSR count). The van der Waals surface area contributed by atoms with Crippen LogP contribution in [0.4, 0.5) is 14.7 Å². The molecule has 2 aromatic heterocycles. The normalized spacial score (nSPS) is 10.6. The van der Waals surface area contributed by atoms with Crippen molar-refractivity contribution in [3.8, 4) is 11.3 Å². The number of halogens is 2. The van der Waals surface area contributed by atoms with E-state index >= 15 is 0 Å². The summed E-state index contributed by atoms with van der Waals surface area (Å²) in [6.45, 7) is 0. The fourth-order valence-electron chi connectivity index (χ4n) is 2.04. The summed E-state index contributed by atoms with van der Waals surface area (Å²) < 4.78 is 31.5. The van der Waals surface area contributed by atoms with Crippen LogP contribution in [0.15, 0.2) is 39.5 Å². The second-order valence-electron chi connectivity index (χ2n) is 4.69. The number of nitrogens with zero attached hydrogens (tertiary/aromatic N) is 1. The Morgan fingerprint density at radius 1 is 1.25 bits per heavy atom. The van der Waals surface area contributed by atoms with Gasteiger partial charge in [-0.2, -0.15) is 11.3 Å². The molecule has 0 atom stereocenters. The Balaban J connectivity index is 1.95. The van der Waals surface area contributed by atoms with Crippen LogP contribution < -0.4 is 11.1 Å². The minimum Gasteiger partial charge on any atom is -0.365 e. The Hall–Kier alpha value is -3.07. The van der Waals surface area contributed by atoms with Crippen molar-refractivity contribution in [2.75, 3.05) is 5.32 Å². The van der Waals surface area contributed by atoms with E-state index in [1.54, 1.807) is 16.8 Å². The molecular formula is C15H9F2N3O3S. The molecule has 24 heavy (non-hydrogen) atoms. The lowest BCUT2D eigenvalue weighted by atomic mass is 10.1. The van der Waals surface area contributed by atoms with E-state index in [1.807, 2.05) is 0 Å². The number of amides is 2. The molecule has 0 unspecified atom stereocenters. The van der Waals surface area contributed by atoms with Gasteiger partial charge in [0.1, 0.15) is 22.9 Å². The Bertz CT molecular complexity index is 922. The molecule has 9 heteroatoms. The molecule has 0 aliphatic rings. The Morgan fingerprint density at radius 3 is 2.67 bits per heavy atom. The molecular weight excluding hydrogens is 340 g/mol. The fourth-order valence-corrected chi connectivity index (χ4v) is 2.68. The summed E-state index contributed by atoms with van der Waals surface area (Å²) >= 11 is 1.37. The number of anilines is 1. The van der Waals surface area contributed by atoms with E-state index in [9.17, 15) is 18.4 Å². The van der Waals surface area contributed by atoms with E-state index in [0.29, 0.717) is 11.6 Å². The number of thiophene rings is 1. The Labute approximate surface area is 137 Å². The van der Waals surface area contributed by atoms with Crippen molar-refractivity contribution in [2.24, 2.45) is 5.73 Å². The van der Waals surface area contributed by atoms with Crippen molar-refractivity contribution in [1.29, 1.82) is 0 Å². The second-order valence-corrected chi connectivity index (χ2v) is 5.47. The summed E-state index contributed by atoms with van der Waals surface area (Å²) in [5.41, 5.74) is 5.52. The maximum atomic E-state index is 13.7. The van der Waals surface area contributed by atoms with Crippen LogP contribution in [0.5, 0.6) is 0 Å². The summed E-state index contributed by atoms with van der Waals surface area (Å²) in [4.78, 5) is 23.8. The highest BCUT2D eigenvalue weighted by atomic mass is 32.1. The van der Waals surface area contributed by atoms with Crippen molar-refractivity contribution in [2.45, 2.75) is 0 Å². The van der Waals surface area contributed by atoms with E-state index in [2.05, 4.69) is 10.5 Å². The van der Waals surface area contributed by atoms with Gasteiger partial charge in [-0.05, 0) is 23.6 Å². The number of hydrogen-bond acceptors (Lipinski definition) is 5. The number of primary amides is 1. The smallest absolute Gasteiger partial charge is 0.261 e. The van der Waals surface area contributed by atoms with Gasteiger partial charge in [-0.3, -0.25) is 14.9 Å². The largest absolute Gasteiger partial charge is 0.365 e. The zero-order chi connectivity index (χ0) is 17.3. The molecule has 3 N–H and O–H groups in total. The van der Waals surface area contributed by atoms with Gasteiger partial charge in [0.05, 0.1) is 5.56 Å². The van der Waals surface area contributed by atoms with Crippen molar-refractivity contribution >= 4 is 29.0 Å². The maximum absolute atomic E-state index is 13.7. The molecule has 0 aliphatic heterocycles. The minimum atomic E-state index is -1.05. The molecule has 122 valence electrons. The van der Waals surface area contributed by atoms with Crippen LogP contribution in [0.1, 0.15) is 20.7 Å². The average Bonchev–Trinajstić information content (AvgIpc) is 3.15. The number of rotatable bonds is 4. The predicted molar refractivity (Wildman–Crippen MR) is 82.6 cm³/mol. The summed E-state index contributed by atoms with van der Waals surface area (Å²) in [6.07, 6.45) is 0. The molecule has 0 saturated heterocycles. The fraction of sp³-hybridized carbons (Fsp3) is 0. The van der Waals surface area contributed by atoms with Gasteiger partial charge in [0, 0.05) is 17.0 Å². The quantitative estimate of drug-likeness (QED) is 0.756. The van der Waals surface area contributed by atoms with Gasteiger partial charge >= 0.3 is 0 Å². The summed E-state index contributed by atoms with van der Waals surface area (Å²) in [6, 6.07) is 4.17. The van der Waals surface area contributed by atoms with E-state index in [4.69, 9.17) is 10.3 Å². The molecule has 6 nitrogen and oxygen atoms in total. The van der Waals surface area contributed by atoms with Gasteiger partial charge in [0.25, 0.3) is 11.8 Å². The standard InChI is InChI=1S/C15H9F2N3O3S/c16-8-1-2-9(10(17)5-8)14(22)19-15-11(13(18)21)12(20-23-15)7-3-4-24-6-7/h1-6H,(H2,18,21)(H,19,22). The third-order valence-corrected chi connectivity index (χ3v) is 3.82. The molecule has 3 aromatic rings. The van der Waals surface area contributed by atoms with Gasteiger partial charge in [0.2, 0.25) is 5.88 Å². The lowest BCUT2D eigenvalue weighted by Gasteiger charge is -2.04. The number of nitrogens with one attached hydrogen (secondary N) is 1. The van der Waals surface area contributed by atoms with Crippen LogP contribution in [0.3, 0.4) is 0 Å². The highest BCUT2D eigenvalue weighted by Crippen LogP contribution is 2.30. The zero-order valence-corrected chi connectivity index (χ0v) is 12.7. The molecule has 0 saturated carbocycles. The van der Waals surface area contributed by atoms with Crippen molar-refractivity contribution in [3.63, 3.8) is 0 Å². The van der Waals surface area contributed by atoms with Crippen LogP contribution in [-0.2, 0) is 0 Å². The molecule has 0 fully saturated rings. The Morgan fingerprint density at radius 2 is 2.04 bits per heavy atom.